The molecule has 0 radical (unpaired) electrons. The Kier molecular flexibility index (Phi) is 6.77. The molecule has 0 unspecified atom stereocenters. The monoisotopic (exact) mass is 337 g/mol. The van der Waals surface area contributed by atoms with Crippen molar-refractivity contribution in [2.24, 2.45) is 7.05 Å². The van der Waals surface area contributed by atoms with Gasteiger partial charge in [-0.25, -0.2) is 23.7 Å². The van der Waals surface area contributed by atoms with Crippen LogP contribution in [0.2, 0.25) is 0 Å². The number of amides is 1. The van der Waals surface area contributed by atoms with Gasteiger partial charge in [-0.3, -0.25) is 4.79 Å². The zero-order valence-corrected chi connectivity index (χ0v) is 13.6. The summed E-state index contributed by atoms with van der Waals surface area (Å²) in [5.41, 5.74) is 1.57. The number of alkyl halides is 2. The average molecular weight is 337 g/mol. The third-order valence-corrected chi connectivity index (χ3v) is 3.88. The lowest BCUT2D eigenvalue weighted by Crippen LogP contribution is -2.37. The highest BCUT2D eigenvalue weighted by Gasteiger charge is 2.18. The van der Waals surface area contributed by atoms with Crippen LogP contribution < -0.4 is 5.32 Å². The number of carbonyl (C=O) groups excluding carboxylic acids is 1. The van der Waals surface area contributed by atoms with Gasteiger partial charge in [-0.1, -0.05) is 19.3 Å². The van der Waals surface area contributed by atoms with Crippen LogP contribution in [0.15, 0.2) is 24.8 Å². The molecule has 6 nitrogen and oxygen atoms in total. The Hall–Kier alpha value is -2.38. The Morgan fingerprint density at radius 1 is 1.33 bits per heavy atom. The van der Waals surface area contributed by atoms with E-state index in [1.807, 2.05) is 11.6 Å². The fourth-order valence-electron chi connectivity index (χ4n) is 2.71. The first-order chi connectivity index (χ1) is 11.7. The van der Waals surface area contributed by atoms with E-state index in [4.69, 9.17) is 0 Å². The maximum absolute atomic E-state index is 12.3. The van der Waals surface area contributed by atoms with Crippen molar-refractivity contribution in [3.8, 4) is 11.4 Å². The number of aromatic nitrogens is 4. The molecule has 2 heterocycles. The summed E-state index contributed by atoms with van der Waals surface area (Å²) in [6.45, 7) is -1.75. The molecule has 0 aromatic carbocycles. The Morgan fingerprint density at radius 2 is 2.04 bits per heavy atom. The fourth-order valence-corrected chi connectivity index (χ4v) is 2.71. The van der Waals surface area contributed by atoms with Gasteiger partial charge in [0.1, 0.15) is 0 Å². The normalized spacial score (nSPS) is 14.6. The second-order valence-electron chi connectivity index (χ2n) is 5.56. The molecule has 2 aromatic rings. The lowest BCUT2D eigenvalue weighted by atomic mass is 9.95. The third-order valence-electron chi connectivity index (χ3n) is 3.88. The summed E-state index contributed by atoms with van der Waals surface area (Å²) in [5.74, 6) is 0.0326. The molecule has 0 saturated heterocycles. The molecule has 24 heavy (non-hydrogen) atoms. The second-order valence-corrected chi connectivity index (χ2v) is 5.56. The standard InChI is InChI=1S/C15H19N5O.CH2F2/c1-20-10-16-9-13(20)12-7-8-17-14(19-12)15(21)18-11-5-3-2-4-6-11;2-1-3/h7-11H,2-6H2,1H3,(H,18,21);1H2. The van der Waals surface area contributed by atoms with Crippen LogP contribution in [0.5, 0.6) is 0 Å². The number of nitrogens with one attached hydrogen (secondary N) is 1. The molecular weight excluding hydrogens is 316 g/mol. The van der Waals surface area contributed by atoms with Gasteiger partial charge in [-0.05, 0) is 18.9 Å². The largest absolute Gasteiger partial charge is 0.347 e. The van der Waals surface area contributed by atoms with Crippen LogP contribution in [0, 0.1) is 0 Å². The minimum absolute atomic E-state index is 0.189. The summed E-state index contributed by atoms with van der Waals surface area (Å²) in [4.78, 5) is 24.8. The van der Waals surface area contributed by atoms with E-state index < -0.39 is 6.93 Å². The van der Waals surface area contributed by atoms with Crippen molar-refractivity contribution in [2.75, 3.05) is 6.93 Å². The highest BCUT2D eigenvalue weighted by molar-refractivity contribution is 5.91. The van der Waals surface area contributed by atoms with Crippen LogP contribution in [0.4, 0.5) is 8.78 Å². The number of hydrogen-bond donors (Lipinski definition) is 1. The number of rotatable bonds is 3. The van der Waals surface area contributed by atoms with Crippen molar-refractivity contribution in [1.29, 1.82) is 0 Å². The summed E-state index contributed by atoms with van der Waals surface area (Å²) < 4.78 is 21.1. The van der Waals surface area contributed by atoms with Crippen molar-refractivity contribution >= 4 is 5.91 Å². The number of aryl methyl sites for hydroxylation is 1. The minimum Gasteiger partial charge on any atom is -0.347 e. The van der Waals surface area contributed by atoms with E-state index in [2.05, 4.69) is 20.3 Å². The summed E-state index contributed by atoms with van der Waals surface area (Å²) in [6.07, 6.45) is 10.8. The molecule has 0 aliphatic heterocycles. The molecule has 1 aliphatic rings. The molecule has 3 rings (SSSR count). The van der Waals surface area contributed by atoms with Crippen LogP contribution in [0.3, 0.4) is 0 Å². The van der Waals surface area contributed by atoms with E-state index in [0.717, 1.165) is 18.5 Å². The highest BCUT2D eigenvalue weighted by atomic mass is 19.3. The molecule has 130 valence electrons. The zero-order valence-electron chi connectivity index (χ0n) is 13.6. The van der Waals surface area contributed by atoms with Crippen LogP contribution in [-0.2, 0) is 7.05 Å². The first-order valence-electron chi connectivity index (χ1n) is 7.88. The van der Waals surface area contributed by atoms with Gasteiger partial charge in [0.2, 0.25) is 12.8 Å². The lowest BCUT2D eigenvalue weighted by molar-refractivity contribution is 0.0917. The number of imidazole rings is 1. The van der Waals surface area contributed by atoms with Crippen LogP contribution >= 0.6 is 0 Å². The summed E-state index contributed by atoms with van der Waals surface area (Å²) >= 11 is 0. The Labute approximate surface area is 139 Å². The molecule has 0 bridgehead atoms. The van der Waals surface area contributed by atoms with E-state index >= 15 is 0 Å². The Morgan fingerprint density at radius 3 is 2.67 bits per heavy atom. The average Bonchev–Trinajstić information content (AvgIpc) is 3.03. The maximum atomic E-state index is 12.3. The van der Waals surface area contributed by atoms with Crippen LogP contribution in [0.25, 0.3) is 11.4 Å². The van der Waals surface area contributed by atoms with Crippen molar-refractivity contribution in [3.05, 3.63) is 30.6 Å². The van der Waals surface area contributed by atoms with Gasteiger partial charge in [-0.2, -0.15) is 0 Å². The quantitative estimate of drug-likeness (QED) is 0.935. The molecular formula is C16H21F2N5O. The van der Waals surface area contributed by atoms with Crippen molar-refractivity contribution < 1.29 is 13.6 Å². The van der Waals surface area contributed by atoms with Gasteiger partial charge in [-0.15, -0.1) is 0 Å². The minimum atomic E-state index is -1.75. The number of halogens is 2. The van der Waals surface area contributed by atoms with Gasteiger partial charge < -0.3 is 9.88 Å². The molecule has 0 atom stereocenters. The molecule has 0 spiro atoms. The molecule has 1 amide bonds. The van der Waals surface area contributed by atoms with E-state index in [9.17, 15) is 13.6 Å². The van der Waals surface area contributed by atoms with Gasteiger partial charge in [0, 0.05) is 19.3 Å². The first-order valence-corrected chi connectivity index (χ1v) is 7.88. The van der Waals surface area contributed by atoms with E-state index in [1.165, 1.54) is 19.3 Å². The SMILES string of the molecule is Cn1cncc1-c1ccnc(C(=O)NC2CCCCC2)n1.FCF. The van der Waals surface area contributed by atoms with Gasteiger partial charge in [0.05, 0.1) is 23.9 Å². The lowest BCUT2D eigenvalue weighted by Gasteiger charge is -2.22. The first kappa shape index (κ1) is 18.0. The fraction of sp³-hybridized carbons (Fsp3) is 0.500. The van der Waals surface area contributed by atoms with Crippen LogP contribution in [-0.4, -0.2) is 38.4 Å². The highest BCUT2D eigenvalue weighted by Crippen LogP contribution is 2.18. The van der Waals surface area contributed by atoms with Gasteiger partial charge in [0.25, 0.3) is 5.91 Å². The number of carbonyl (C=O) groups is 1. The summed E-state index contributed by atoms with van der Waals surface area (Å²) in [7, 11) is 1.90. The second kappa shape index (κ2) is 9.05. The zero-order chi connectivity index (χ0) is 17.4. The smallest absolute Gasteiger partial charge is 0.289 e. The van der Waals surface area contributed by atoms with Crippen molar-refractivity contribution in [2.45, 2.75) is 38.1 Å². The van der Waals surface area contributed by atoms with Crippen molar-refractivity contribution in [1.82, 2.24) is 24.8 Å². The molecule has 1 aliphatic carbocycles. The molecule has 1 saturated carbocycles. The Balaban J connectivity index is 0.000000647. The van der Waals surface area contributed by atoms with Crippen LogP contribution in [0.1, 0.15) is 42.7 Å². The number of nitrogens with zero attached hydrogens (tertiary/aromatic N) is 4. The molecule has 1 N–H and O–H groups in total. The Bertz CT molecular complexity index is 655. The maximum Gasteiger partial charge on any atom is 0.289 e. The molecule has 1 fully saturated rings. The third kappa shape index (κ3) is 4.81. The van der Waals surface area contributed by atoms with E-state index in [1.54, 1.807) is 24.8 Å². The van der Waals surface area contributed by atoms with E-state index in [0.29, 0.717) is 5.69 Å². The molecule has 2 aromatic heterocycles. The van der Waals surface area contributed by atoms with Crippen molar-refractivity contribution in [3.63, 3.8) is 0 Å². The van der Waals surface area contributed by atoms with Gasteiger partial charge in [0.15, 0.2) is 0 Å². The number of hydrogen-bond acceptors (Lipinski definition) is 4. The predicted molar refractivity (Wildman–Crippen MR) is 85.7 cm³/mol. The summed E-state index contributed by atoms with van der Waals surface area (Å²) in [5, 5.41) is 3.04. The topological polar surface area (TPSA) is 72.7 Å². The molecule has 8 heteroatoms. The predicted octanol–water partition coefficient (Wildman–Crippen LogP) is 2.82. The van der Waals surface area contributed by atoms with Gasteiger partial charge >= 0.3 is 0 Å². The van der Waals surface area contributed by atoms with E-state index in [-0.39, 0.29) is 17.8 Å². The summed E-state index contributed by atoms with van der Waals surface area (Å²) in [6, 6.07) is 2.05.